The van der Waals surface area contributed by atoms with Gasteiger partial charge in [0.15, 0.2) is 0 Å². The summed E-state index contributed by atoms with van der Waals surface area (Å²) < 4.78 is 2.51. The molecule has 0 aliphatic rings. The summed E-state index contributed by atoms with van der Waals surface area (Å²) in [5.74, 6) is 1.21. The molecule has 0 spiro atoms. The van der Waals surface area contributed by atoms with Crippen LogP contribution >= 0.6 is 0 Å². The standard InChI is InChI=1S/C23H36N2/c1-21(2,3)18-19(22(4,5)6)25(20(24-18)23(7,8)9)16-15-17-13-11-10-12-14-17/h10-14H,15-16H2,1-9H3. The number of aromatic nitrogens is 2. The van der Waals surface area contributed by atoms with Crippen LogP contribution in [-0.4, -0.2) is 9.55 Å². The fourth-order valence-electron chi connectivity index (χ4n) is 3.41. The third-order valence-corrected chi connectivity index (χ3v) is 4.53. The number of aryl methyl sites for hydroxylation is 1. The first kappa shape index (κ1) is 19.8. The molecule has 138 valence electrons. The number of hydrogen-bond donors (Lipinski definition) is 0. The maximum atomic E-state index is 5.19. The smallest absolute Gasteiger partial charge is 0.114 e. The average Bonchev–Trinajstić information content (AvgIpc) is 2.86. The molecular formula is C23H36N2. The molecule has 0 saturated heterocycles. The number of rotatable bonds is 3. The van der Waals surface area contributed by atoms with Crippen LogP contribution in [0.15, 0.2) is 30.3 Å². The molecule has 2 rings (SSSR count). The van der Waals surface area contributed by atoms with Crippen LogP contribution in [0.5, 0.6) is 0 Å². The molecule has 0 bridgehead atoms. The molecular weight excluding hydrogens is 304 g/mol. The van der Waals surface area contributed by atoms with Crippen molar-refractivity contribution >= 4 is 0 Å². The Balaban J connectivity index is 2.59. The van der Waals surface area contributed by atoms with E-state index >= 15 is 0 Å². The Kier molecular flexibility index (Phi) is 5.23. The van der Waals surface area contributed by atoms with Gasteiger partial charge in [0.25, 0.3) is 0 Å². The predicted octanol–water partition coefficient (Wildman–Crippen LogP) is 6.02. The molecule has 0 fully saturated rings. The lowest BCUT2D eigenvalue weighted by Crippen LogP contribution is -2.26. The third kappa shape index (κ3) is 4.54. The van der Waals surface area contributed by atoms with E-state index in [1.54, 1.807) is 0 Å². The first-order valence-corrected chi connectivity index (χ1v) is 9.47. The second kappa shape index (κ2) is 6.63. The van der Waals surface area contributed by atoms with E-state index in [1.807, 2.05) is 0 Å². The Morgan fingerprint density at radius 1 is 0.760 bits per heavy atom. The van der Waals surface area contributed by atoms with Gasteiger partial charge in [-0.2, -0.15) is 0 Å². The van der Waals surface area contributed by atoms with Crippen molar-refractivity contribution in [3.8, 4) is 0 Å². The molecule has 0 amide bonds. The first-order valence-electron chi connectivity index (χ1n) is 9.47. The van der Waals surface area contributed by atoms with Crippen molar-refractivity contribution in [2.75, 3.05) is 0 Å². The van der Waals surface area contributed by atoms with Crippen molar-refractivity contribution in [1.82, 2.24) is 9.55 Å². The summed E-state index contributed by atoms with van der Waals surface area (Å²) in [5.41, 5.74) is 4.16. The van der Waals surface area contributed by atoms with E-state index in [9.17, 15) is 0 Å². The molecule has 0 radical (unpaired) electrons. The Hall–Kier alpha value is -1.57. The van der Waals surface area contributed by atoms with Gasteiger partial charge in [-0.1, -0.05) is 92.6 Å². The van der Waals surface area contributed by atoms with Gasteiger partial charge in [-0.15, -0.1) is 0 Å². The lowest BCUT2D eigenvalue weighted by Gasteiger charge is -2.29. The van der Waals surface area contributed by atoms with Crippen LogP contribution < -0.4 is 0 Å². The highest BCUT2D eigenvalue weighted by Gasteiger charge is 2.35. The molecule has 1 aromatic heterocycles. The summed E-state index contributed by atoms with van der Waals surface area (Å²) in [5, 5.41) is 0. The zero-order chi connectivity index (χ0) is 19.0. The van der Waals surface area contributed by atoms with Gasteiger partial charge < -0.3 is 4.57 Å². The van der Waals surface area contributed by atoms with E-state index < -0.39 is 0 Å². The Morgan fingerprint density at radius 3 is 1.76 bits per heavy atom. The van der Waals surface area contributed by atoms with Crippen molar-refractivity contribution in [2.45, 2.75) is 91.5 Å². The molecule has 2 aromatic rings. The molecule has 1 heterocycles. The van der Waals surface area contributed by atoms with Crippen LogP contribution in [0, 0.1) is 0 Å². The minimum absolute atomic E-state index is 0.0280. The van der Waals surface area contributed by atoms with Crippen LogP contribution in [-0.2, 0) is 29.2 Å². The zero-order valence-electron chi connectivity index (χ0n) is 17.7. The third-order valence-electron chi connectivity index (χ3n) is 4.53. The molecule has 0 aliphatic carbocycles. The van der Waals surface area contributed by atoms with Crippen LogP contribution in [0.4, 0.5) is 0 Å². The lowest BCUT2D eigenvalue weighted by molar-refractivity contribution is 0.454. The van der Waals surface area contributed by atoms with Gasteiger partial charge in [0.1, 0.15) is 5.82 Å². The van der Waals surface area contributed by atoms with Crippen molar-refractivity contribution in [1.29, 1.82) is 0 Å². The first-order chi connectivity index (χ1) is 11.3. The highest BCUT2D eigenvalue weighted by atomic mass is 15.1. The fraction of sp³-hybridized carbons (Fsp3) is 0.609. The Labute approximate surface area is 154 Å². The van der Waals surface area contributed by atoms with Crippen LogP contribution in [0.1, 0.15) is 85.1 Å². The second-order valence-electron chi connectivity index (χ2n) is 10.3. The maximum absolute atomic E-state index is 5.19. The Morgan fingerprint density at radius 2 is 1.32 bits per heavy atom. The summed E-state index contributed by atoms with van der Waals surface area (Å²) in [7, 11) is 0. The van der Waals surface area contributed by atoms with Gasteiger partial charge in [-0.05, 0) is 12.0 Å². The summed E-state index contributed by atoms with van der Waals surface area (Å²) in [6.07, 6.45) is 1.03. The van der Waals surface area contributed by atoms with Gasteiger partial charge in [0, 0.05) is 28.5 Å². The molecule has 2 nitrogen and oxygen atoms in total. The van der Waals surface area contributed by atoms with Crippen molar-refractivity contribution in [2.24, 2.45) is 0 Å². The van der Waals surface area contributed by atoms with Gasteiger partial charge in [-0.25, -0.2) is 4.98 Å². The van der Waals surface area contributed by atoms with Crippen LogP contribution in [0.25, 0.3) is 0 Å². The van der Waals surface area contributed by atoms with Gasteiger partial charge in [0.2, 0.25) is 0 Å². The van der Waals surface area contributed by atoms with E-state index in [-0.39, 0.29) is 16.2 Å². The van der Waals surface area contributed by atoms with Gasteiger partial charge in [0.05, 0.1) is 5.69 Å². The number of imidazole rings is 1. The van der Waals surface area contributed by atoms with Crippen LogP contribution in [0.2, 0.25) is 0 Å². The quantitative estimate of drug-likeness (QED) is 0.668. The van der Waals surface area contributed by atoms with Crippen molar-refractivity contribution in [3.05, 3.63) is 53.1 Å². The number of hydrogen-bond acceptors (Lipinski definition) is 1. The van der Waals surface area contributed by atoms with E-state index in [2.05, 4.69) is 97.2 Å². The molecule has 0 unspecified atom stereocenters. The lowest BCUT2D eigenvalue weighted by atomic mass is 9.82. The number of nitrogens with zero attached hydrogens (tertiary/aromatic N) is 2. The SMILES string of the molecule is CC(C)(C)c1nc(C(C)(C)C)n(CCc2ccccc2)c1C(C)(C)C. The number of benzene rings is 1. The molecule has 1 aromatic carbocycles. The molecule has 25 heavy (non-hydrogen) atoms. The minimum atomic E-state index is 0.0280. The van der Waals surface area contributed by atoms with Crippen molar-refractivity contribution < 1.29 is 0 Å². The van der Waals surface area contributed by atoms with E-state index in [4.69, 9.17) is 4.98 Å². The van der Waals surface area contributed by atoms with Crippen molar-refractivity contribution in [3.63, 3.8) is 0 Å². The monoisotopic (exact) mass is 340 g/mol. The zero-order valence-corrected chi connectivity index (χ0v) is 17.7. The van der Waals surface area contributed by atoms with E-state index in [0.717, 1.165) is 13.0 Å². The van der Waals surface area contributed by atoms with Crippen LogP contribution in [0.3, 0.4) is 0 Å². The van der Waals surface area contributed by atoms with Gasteiger partial charge >= 0.3 is 0 Å². The predicted molar refractivity (Wildman–Crippen MR) is 108 cm³/mol. The largest absolute Gasteiger partial charge is 0.330 e. The summed E-state index contributed by atoms with van der Waals surface area (Å²) in [6, 6.07) is 10.8. The summed E-state index contributed by atoms with van der Waals surface area (Å²) >= 11 is 0. The maximum Gasteiger partial charge on any atom is 0.114 e. The van der Waals surface area contributed by atoms with E-state index in [1.165, 1.54) is 22.8 Å². The Bertz CT molecular complexity index is 702. The average molecular weight is 341 g/mol. The molecule has 0 atom stereocenters. The highest BCUT2D eigenvalue weighted by Crippen LogP contribution is 2.37. The van der Waals surface area contributed by atoms with E-state index in [0.29, 0.717) is 0 Å². The molecule has 0 saturated carbocycles. The summed E-state index contributed by atoms with van der Waals surface area (Å²) in [4.78, 5) is 5.19. The summed E-state index contributed by atoms with van der Waals surface area (Å²) in [6.45, 7) is 21.6. The molecule has 0 aliphatic heterocycles. The second-order valence-corrected chi connectivity index (χ2v) is 10.3. The van der Waals surface area contributed by atoms with Gasteiger partial charge in [-0.3, -0.25) is 0 Å². The molecule has 2 heteroatoms. The minimum Gasteiger partial charge on any atom is -0.330 e. The molecule has 0 N–H and O–H groups in total. The fourth-order valence-corrected chi connectivity index (χ4v) is 3.41. The topological polar surface area (TPSA) is 17.8 Å². The normalized spacial score (nSPS) is 13.3. The highest BCUT2D eigenvalue weighted by molar-refractivity contribution is 5.32.